The molecular formula is C15H21FN2. The van der Waals surface area contributed by atoms with Crippen LogP contribution < -0.4 is 10.2 Å². The van der Waals surface area contributed by atoms with Gasteiger partial charge in [-0.05, 0) is 50.3 Å². The Kier molecular flexibility index (Phi) is 3.02. The summed E-state index contributed by atoms with van der Waals surface area (Å²) in [6.45, 7) is 5.98. The van der Waals surface area contributed by atoms with Gasteiger partial charge in [0.25, 0.3) is 0 Å². The van der Waals surface area contributed by atoms with Gasteiger partial charge >= 0.3 is 0 Å². The lowest BCUT2D eigenvalue weighted by Crippen LogP contribution is -2.56. The average molecular weight is 248 g/mol. The fourth-order valence-corrected chi connectivity index (χ4v) is 2.88. The molecule has 1 aliphatic heterocycles. The molecule has 2 unspecified atom stereocenters. The second kappa shape index (κ2) is 4.54. The van der Waals surface area contributed by atoms with E-state index in [1.54, 1.807) is 6.07 Å². The summed E-state index contributed by atoms with van der Waals surface area (Å²) in [7, 11) is 0. The van der Waals surface area contributed by atoms with Gasteiger partial charge in [-0.3, -0.25) is 0 Å². The standard InChI is InChI=1S/C15H21FN2/c1-10-3-6-15(13(16)7-10)18-9-14(12-4-5-12)17-8-11(18)2/h3,6-7,11-12,14,17H,4-5,8-9H2,1-2H3. The van der Waals surface area contributed by atoms with Crippen LogP contribution >= 0.6 is 0 Å². The average Bonchev–Trinajstić information content (AvgIpc) is 3.14. The van der Waals surface area contributed by atoms with Crippen molar-refractivity contribution in [2.24, 2.45) is 5.92 Å². The topological polar surface area (TPSA) is 15.3 Å². The summed E-state index contributed by atoms with van der Waals surface area (Å²) < 4.78 is 14.1. The molecule has 98 valence electrons. The highest BCUT2D eigenvalue weighted by Crippen LogP contribution is 2.35. The van der Waals surface area contributed by atoms with Crippen molar-refractivity contribution in [3.8, 4) is 0 Å². The maximum atomic E-state index is 14.1. The third kappa shape index (κ3) is 2.24. The normalized spacial score (nSPS) is 28.5. The Morgan fingerprint density at radius 2 is 2.11 bits per heavy atom. The van der Waals surface area contributed by atoms with Crippen molar-refractivity contribution in [3.63, 3.8) is 0 Å². The minimum absolute atomic E-state index is 0.0849. The highest BCUT2D eigenvalue weighted by Gasteiger charge is 2.36. The van der Waals surface area contributed by atoms with Gasteiger partial charge in [-0.25, -0.2) is 4.39 Å². The largest absolute Gasteiger partial charge is 0.364 e. The molecule has 1 aromatic carbocycles. The summed E-state index contributed by atoms with van der Waals surface area (Å²) in [6, 6.07) is 6.46. The van der Waals surface area contributed by atoms with Crippen molar-refractivity contribution in [3.05, 3.63) is 29.6 Å². The molecule has 2 nitrogen and oxygen atoms in total. The van der Waals surface area contributed by atoms with Gasteiger partial charge < -0.3 is 10.2 Å². The van der Waals surface area contributed by atoms with Crippen molar-refractivity contribution in [1.29, 1.82) is 0 Å². The van der Waals surface area contributed by atoms with Crippen molar-refractivity contribution < 1.29 is 4.39 Å². The number of halogens is 1. The van der Waals surface area contributed by atoms with Crippen molar-refractivity contribution in [2.75, 3.05) is 18.0 Å². The third-order valence-electron chi connectivity index (χ3n) is 4.20. The fourth-order valence-electron chi connectivity index (χ4n) is 2.88. The number of hydrogen-bond acceptors (Lipinski definition) is 2. The zero-order chi connectivity index (χ0) is 12.7. The van der Waals surface area contributed by atoms with Crippen LogP contribution in [0.15, 0.2) is 18.2 Å². The van der Waals surface area contributed by atoms with Crippen LogP contribution in [0, 0.1) is 18.7 Å². The van der Waals surface area contributed by atoms with E-state index in [0.29, 0.717) is 12.1 Å². The molecule has 0 aromatic heterocycles. The number of nitrogens with zero attached hydrogens (tertiary/aromatic N) is 1. The van der Waals surface area contributed by atoms with E-state index < -0.39 is 0 Å². The van der Waals surface area contributed by atoms with Crippen LogP contribution in [0.4, 0.5) is 10.1 Å². The van der Waals surface area contributed by atoms with Gasteiger partial charge in [0.2, 0.25) is 0 Å². The first-order valence-corrected chi connectivity index (χ1v) is 6.91. The predicted molar refractivity (Wildman–Crippen MR) is 72.5 cm³/mol. The molecule has 3 heteroatoms. The Labute approximate surface area is 108 Å². The SMILES string of the molecule is Cc1ccc(N2CC(C3CC3)NCC2C)c(F)c1. The highest BCUT2D eigenvalue weighted by atomic mass is 19.1. The van der Waals surface area contributed by atoms with Gasteiger partial charge in [0.05, 0.1) is 5.69 Å². The van der Waals surface area contributed by atoms with Crippen LogP contribution in [0.5, 0.6) is 0 Å². The lowest BCUT2D eigenvalue weighted by Gasteiger charge is -2.40. The molecule has 1 saturated heterocycles. The van der Waals surface area contributed by atoms with Crippen LogP contribution in [-0.4, -0.2) is 25.2 Å². The van der Waals surface area contributed by atoms with Crippen molar-refractivity contribution in [2.45, 2.75) is 38.8 Å². The van der Waals surface area contributed by atoms with Crippen LogP contribution in [0.2, 0.25) is 0 Å². The number of aryl methyl sites for hydroxylation is 1. The van der Waals surface area contributed by atoms with E-state index in [9.17, 15) is 4.39 Å². The zero-order valence-electron chi connectivity index (χ0n) is 11.1. The van der Waals surface area contributed by atoms with E-state index in [1.807, 2.05) is 19.1 Å². The Morgan fingerprint density at radius 1 is 1.33 bits per heavy atom. The second-order valence-electron chi connectivity index (χ2n) is 5.81. The molecule has 1 aromatic rings. The number of nitrogens with one attached hydrogen (secondary N) is 1. The van der Waals surface area contributed by atoms with E-state index in [1.165, 1.54) is 12.8 Å². The molecule has 2 aliphatic rings. The molecule has 1 heterocycles. The first kappa shape index (κ1) is 12.0. The summed E-state index contributed by atoms with van der Waals surface area (Å²) in [4.78, 5) is 2.23. The number of benzene rings is 1. The monoisotopic (exact) mass is 248 g/mol. The maximum Gasteiger partial charge on any atom is 0.146 e. The maximum absolute atomic E-state index is 14.1. The Hall–Kier alpha value is -1.09. The lowest BCUT2D eigenvalue weighted by atomic mass is 10.0. The molecule has 2 fully saturated rings. The molecule has 0 radical (unpaired) electrons. The summed E-state index contributed by atoms with van der Waals surface area (Å²) in [5.41, 5.74) is 1.75. The van der Waals surface area contributed by atoms with E-state index >= 15 is 0 Å². The van der Waals surface area contributed by atoms with E-state index in [0.717, 1.165) is 30.3 Å². The predicted octanol–water partition coefficient (Wildman–Crippen LogP) is 2.71. The smallest absolute Gasteiger partial charge is 0.146 e. The Morgan fingerprint density at radius 3 is 2.78 bits per heavy atom. The summed E-state index contributed by atoms with van der Waals surface area (Å²) in [5, 5.41) is 3.60. The lowest BCUT2D eigenvalue weighted by molar-refractivity contribution is 0.373. The molecule has 2 atom stereocenters. The minimum atomic E-state index is -0.0849. The fraction of sp³-hybridized carbons (Fsp3) is 0.600. The molecule has 0 bridgehead atoms. The molecule has 18 heavy (non-hydrogen) atoms. The molecule has 0 spiro atoms. The molecule has 3 rings (SSSR count). The second-order valence-corrected chi connectivity index (χ2v) is 5.81. The molecule has 0 amide bonds. The zero-order valence-corrected chi connectivity index (χ0v) is 11.1. The highest BCUT2D eigenvalue weighted by molar-refractivity contribution is 5.50. The van der Waals surface area contributed by atoms with E-state index in [4.69, 9.17) is 0 Å². The van der Waals surface area contributed by atoms with Crippen LogP contribution in [0.3, 0.4) is 0 Å². The van der Waals surface area contributed by atoms with Gasteiger partial charge in [-0.15, -0.1) is 0 Å². The van der Waals surface area contributed by atoms with Crippen LogP contribution in [-0.2, 0) is 0 Å². The number of piperazine rings is 1. The molecule has 1 N–H and O–H groups in total. The van der Waals surface area contributed by atoms with Gasteiger partial charge in [0.1, 0.15) is 5.82 Å². The first-order valence-electron chi connectivity index (χ1n) is 6.91. The van der Waals surface area contributed by atoms with Crippen molar-refractivity contribution >= 4 is 5.69 Å². The number of anilines is 1. The van der Waals surface area contributed by atoms with Crippen molar-refractivity contribution in [1.82, 2.24) is 5.32 Å². The number of rotatable bonds is 2. The molecule has 1 aliphatic carbocycles. The quantitative estimate of drug-likeness (QED) is 0.865. The Bertz CT molecular complexity index is 442. The summed E-state index contributed by atoms with van der Waals surface area (Å²) in [6.07, 6.45) is 2.66. The van der Waals surface area contributed by atoms with Gasteiger partial charge in [0.15, 0.2) is 0 Å². The van der Waals surface area contributed by atoms with Gasteiger partial charge in [-0.2, -0.15) is 0 Å². The van der Waals surface area contributed by atoms with Crippen LogP contribution in [0.1, 0.15) is 25.3 Å². The van der Waals surface area contributed by atoms with Gasteiger partial charge in [0, 0.05) is 25.2 Å². The summed E-state index contributed by atoms with van der Waals surface area (Å²) >= 11 is 0. The minimum Gasteiger partial charge on any atom is -0.364 e. The summed E-state index contributed by atoms with van der Waals surface area (Å²) in [5.74, 6) is 0.729. The van der Waals surface area contributed by atoms with E-state index in [-0.39, 0.29) is 5.82 Å². The van der Waals surface area contributed by atoms with Gasteiger partial charge in [-0.1, -0.05) is 6.07 Å². The first-order chi connectivity index (χ1) is 8.65. The number of hydrogen-bond donors (Lipinski definition) is 1. The Balaban J connectivity index is 1.83. The van der Waals surface area contributed by atoms with E-state index in [2.05, 4.69) is 17.1 Å². The molecular weight excluding hydrogens is 227 g/mol. The molecule has 1 saturated carbocycles. The van der Waals surface area contributed by atoms with Crippen LogP contribution in [0.25, 0.3) is 0 Å². The third-order valence-corrected chi connectivity index (χ3v) is 4.20.